The molecule has 0 aliphatic heterocycles. The van der Waals surface area contributed by atoms with E-state index >= 15 is 0 Å². The Bertz CT molecular complexity index is 3200. The maximum Gasteiger partial charge on any atom is 0.159 e. The summed E-state index contributed by atoms with van der Waals surface area (Å²) in [5.41, 5.74) is 12.0. The van der Waals surface area contributed by atoms with E-state index in [4.69, 9.17) is 4.42 Å². The van der Waals surface area contributed by atoms with Crippen molar-refractivity contribution in [2.24, 2.45) is 0 Å². The smallest absolute Gasteiger partial charge is 0.159 e. The average Bonchev–Trinajstić information content (AvgIpc) is 3.83. The lowest BCUT2D eigenvalue weighted by molar-refractivity contribution is 0.669. The minimum Gasteiger partial charge on any atom is -0.454 e. The summed E-state index contributed by atoms with van der Waals surface area (Å²) < 4.78 is 9.29. The molecule has 9 aromatic carbocycles. The Morgan fingerprint density at radius 1 is 0.364 bits per heavy atom. The number of hydrogen-bond acceptors (Lipinski definition) is 3. The number of anilines is 3. The molecule has 3 heteroatoms. The molecule has 11 aromatic rings. The molecular weight excluding hydrogens is 687 g/mol. The van der Waals surface area contributed by atoms with Gasteiger partial charge in [-0.05, 0) is 92.7 Å². The van der Waals surface area contributed by atoms with Gasteiger partial charge < -0.3 is 9.32 Å². The third-order valence-electron chi connectivity index (χ3n) is 10.9. The highest BCUT2D eigenvalue weighted by atomic mass is 32.1. The van der Waals surface area contributed by atoms with Gasteiger partial charge >= 0.3 is 0 Å². The fourth-order valence-corrected chi connectivity index (χ4v) is 9.41. The highest BCUT2D eigenvalue weighted by Crippen LogP contribution is 2.46. The monoisotopic (exact) mass is 719 g/mol. The predicted molar refractivity (Wildman–Crippen MR) is 235 cm³/mol. The van der Waals surface area contributed by atoms with Crippen LogP contribution in [-0.2, 0) is 0 Å². The Labute approximate surface area is 322 Å². The molecule has 0 bridgehead atoms. The van der Waals surface area contributed by atoms with E-state index < -0.39 is 0 Å². The number of fused-ring (bicyclic) bond motifs is 7. The van der Waals surface area contributed by atoms with Crippen molar-refractivity contribution >= 4 is 81.3 Å². The number of thiophene rings is 1. The number of benzene rings is 9. The van der Waals surface area contributed by atoms with Crippen molar-refractivity contribution in [3.63, 3.8) is 0 Å². The van der Waals surface area contributed by atoms with Crippen LogP contribution in [0.4, 0.5) is 17.1 Å². The van der Waals surface area contributed by atoms with Gasteiger partial charge in [0, 0.05) is 42.3 Å². The van der Waals surface area contributed by atoms with E-state index in [0.29, 0.717) is 0 Å². The Hall–Kier alpha value is -6.94. The number of rotatable bonds is 6. The van der Waals surface area contributed by atoms with Gasteiger partial charge in [0.25, 0.3) is 0 Å². The van der Waals surface area contributed by atoms with Crippen LogP contribution in [0, 0.1) is 0 Å². The second-order valence-electron chi connectivity index (χ2n) is 14.1. The Kier molecular flexibility index (Phi) is 7.39. The first-order valence-electron chi connectivity index (χ1n) is 18.7. The lowest BCUT2D eigenvalue weighted by Gasteiger charge is -2.27. The molecule has 0 saturated carbocycles. The molecule has 2 nitrogen and oxygen atoms in total. The van der Waals surface area contributed by atoms with Gasteiger partial charge in [-0.25, -0.2) is 0 Å². The molecule has 0 unspecified atom stereocenters. The highest BCUT2D eigenvalue weighted by molar-refractivity contribution is 7.25. The number of para-hydroxylation sites is 2. The molecule has 0 amide bonds. The second-order valence-corrected chi connectivity index (χ2v) is 15.1. The zero-order valence-electron chi connectivity index (χ0n) is 29.8. The zero-order chi connectivity index (χ0) is 36.3. The van der Waals surface area contributed by atoms with Gasteiger partial charge in [0.1, 0.15) is 5.58 Å². The second kappa shape index (κ2) is 12.9. The van der Waals surface area contributed by atoms with Crippen LogP contribution in [0.3, 0.4) is 0 Å². The van der Waals surface area contributed by atoms with E-state index in [-0.39, 0.29) is 0 Å². The van der Waals surface area contributed by atoms with Gasteiger partial charge in [-0.1, -0.05) is 152 Å². The average molecular weight is 720 g/mol. The quantitative estimate of drug-likeness (QED) is 0.170. The Balaban J connectivity index is 1.17. The summed E-state index contributed by atoms with van der Waals surface area (Å²) in [4.78, 5) is 2.35. The minimum atomic E-state index is 0.863. The van der Waals surface area contributed by atoms with E-state index in [1.807, 2.05) is 17.4 Å². The van der Waals surface area contributed by atoms with E-state index in [1.165, 1.54) is 64.3 Å². The van der Waals surface area contributed by atoms with E-state index in [1.54, 1.807) is 0 Å². The van der Waals surface area contributed by atoms with E-state index in [2.05, 4.69) is 199 Å². The lowest BCUT2D eigenvalue weighted by Crippen LogP contribution is -2.10. The molecule has 2 aromatic heterocycles. The fraction of sp³-hybridized carbons (Fsp3) is 0. The number of furan rings is 1. The van der Waals surface area contributed by atoms with Crippen molar-refractivity contribution in [2.75, 3.05) is 4.90 Å². The number of hydrogen-bond donors (Lipinski definition) is 0. The molecule has 2 heterocycles. The van der Waals surface area contributed by atoms with Crippen molar-refractivity contribution in [3.05, 3.63) is 200 Å². The maximum atomic E-state index is 6.69. The van der Waals surface area contributed by atoms with E-state index in [9.17, 15) is 0 Å². The molecule has 258 valence electrons. The molecule has 0 atom stereocenters. The standard InChI is InChI=1S/C52H33NOS/c1-2-12-34(13-3-1)35-24-27-38(28-25-35)53(48-21-11-20-46-43-17-6-8-22-49(43)54-52(46)48)39-29-31-42(41-19-10-15-36-14-4-5-16-40(36)41)47(33-39)37-26-30-45-44-18-7-9-23-50(44)55-51(45)32-37/h1-33H. The van der Waals surface area contributed by atoms with Crippen molar-refractivity contribution in [3.8, 4) is 33.4 Å². The summed E-state index contributed by atoms with van der Waals surface area (Å²) in [6.07, 6.45) is 0. The first-order valence-corrected chi connectivity index (χ1v) is 19.5. The first-order chi connectivity index (χ1) is 27.3. The van der Waals surface area contributed by atoms with Crippen molar-refractivity contribution < 1.29 is 4.42 Å². The largest absolute Gasteiger partial charge is 0.454 e. The fourth-order valence-electron chi connectivity index (χ4n) is 8.27. The Morgan fingerprint density at radius 2 is 1.02 bits per heavy atom. The summed E-state index contributed by atoms with van der Waals surface area (Å²) >= 11 is 1.86. The summed E-state index contributed by atoms with van der Waals surface area (Å²) in [5, 5.41) is 7.28. The summed E-state index contributed by atoms with van der Waals surface area (Å²) in [6, 6.07) is 72.2. The molecule has 0 saturated heterocycles. The van der Waals surface area contributed by atoms with Gasteiger partial charge in [0.15, 0.2) is 5.58 Å². The van der Waals surface area contributed by atoms with Crippen molar-refractivity contribution in [1.82, 2.24) is 0 Å². The van der Waals surface area contributed by atoms with Gasteiger partial charge in [-0.2, -0.15) is 0 Å². The van der Waals surface area contributed by atoms with Crippen LogP contribution in [-0.4, -0.2) is 0 Å². The first kappa shape index (κ1) is 31.6. The maximum absolute atomic E-state index is 6.69. The third-order valence-corrected chi connectivity index (χ3v) is 12.0. The topological polar surface area (TPSA) is 16.4 Å². The van der Waals surface area contributed by atoms with Crippen LogP contribution in [0.15, 0.2) is 205 Å². The van der Waals surface area contributed by atoms with Crippen LogP contribution in [0.5, 0.6) is 0 Å². The van der Waals surface area contributed by atoms with Crippen LogP contribution in [0.2, 0.25) is 0 Å². The molecule has 0 N–H and O–H groups in total. The summed E-state index contributed by atoms with van der Waals surface area (Å²) in [7, 11) is 0. The van der Waals surface area contributed by atoms with Crippen molar-refractivity contribution in [2.45, 2.75) is 0 Å². The summed E-state index contributed by atoms with van der Waals surface area (Å²) in [6.45, 7) is 0. The molecule has 11 rings (SSSR count). The van der Waals surface area contributed by atoms with Gasteiger partial charge in [0.05, 0.1) is 5.69 Å². The zero-order valence-corrected chi connectivity index (χ0v) is 30.6. The minimum absolute atomic E-state index is 0.863. The van der Waals surface area contributed by atoms with Crippen LogP contribution >= 0.6 is 11.3 Å². The van der Waals surface area contributed by atoms with Crippen molar-refractivity contribution in [1.29, 1.82) is 0 Å². The van der Waals surface area contributed by atoms with Gasteiger partial charge in [-0.3, -0.25) is 0 Å². The van der Waals surface area contributed by atoms with Crippen LogP contribution < -0.4 is 4.90 Å². The number of nitrogens with zero attached hydrogens (tertiary/aromatic N) is 1. The van der Waals surface area contributed by atoms with Gasteiger partial charge in [-0.15, -0.1) is 11.3 Å². The van der Waals surface area contributed by atoms with Crippen LogP contribution in [0.25, 0.3) is 86.3 Å². The molecule has 0 radical (unpaired) electrons. The van der Waals surface area contributed by atoms with Crippen LogP contribution in [0.1, 0.15) is 0 Å². The normalized spacial score (nSPS) is 11.6. The molecule has 0 aliphatic rings. The van der Waals surface area contributed by atoms with E-state index in [0.717, 1.165) is 39.0 Å². The molecule has 55 heavy (non-hydrogen) atoms. The molecule has 0 fully saturated rings. The lowest BCUT2D eigenvalue weighted by atomic mass is 9.90. The molecule has 0 spiro atoms. The van der Waals surface area contributed by atoms with Gasteiger partial charge in [0.2, 0.25) is 0 Å². The SMILES string of the molecule is c1ccc(-c2ccc(N(c3ccc(-c4cccc5ccccc45)c(-c4ccc5c(c4)sc4ccccc45)c3)c3cccc4c3oc3ccccc34)cc2)cc1. The molecular formula is C52H33NOS. The highest BCUT2D eigenvalue weighted by Gasteiger charge is 2.22. The Morgan fingerprint density at radius 3 is 1.91 bits per heavy atom. The predicted octanol–water partition coefficient (Wildman–Crippen LogP) is 15.6. The molecule has 0 aliphatic carbocycles. The third kappa shape index (κ3) is 5.32. The summed E-state index contributed by atoms with van der Waals surface area (Å²) in [5.74, 6) is 0.